The maximum absolute atomic E-state index is 10.7. The van der Waals surface area contributed by atoms with E-state index in [4.69, 9.17) is 18.9 Å². The zero-order valence-electron chi connectivity index (χ0n) is 18.4. The van der Waals surface area contributed by atoms with Gasteiger partial charge in [-0.2, -0.15) is 0 Å². The maximum Gasteiger partial charge on any atom is 0.184 e. The second kappa shape index (κ2) is 12.0. The van der Waals surface area contributed by atoms with Gasteiger partial charge in [0.15, 0.2) is 6.29 Å². The van der Waals surface area contributed by atoms with Gasteiger partial charge in [0, 0.05) is 0 Å². The van der Waals surface area contributed by atoms with Crippen LogP contribution in [0.3, 0.4) is 0 Å². The minimum Gasteiger partial charge on any atom is -0.394 e. The van der Waals surface area contributed by atoms with Crippen LogP contribution < -0.4 is 0 Å². The van der Waals surface area contributed by atoms with Crippen molar-refractivity contribution >= 4 is 0 Å². The zero-order chi connectivity index (χ0) is 22.9. The molecule has 0 spiro atoms. The summed E-state index contributed by atoms with van der Waals surface area (Å²) < 4.78 is 24.3. The fraction of sp³-hybridized carbons (Fsp3) is 0.333. The van der Waals surface area contributed by atoms with Crippen molar-refractivity contribution in [1.29, 1.82) is 0 Å². The summed E-state index contributed by atoms with van der Waals surface area (Å²) >= 11 is 0. The van der Waals surface area contributed by atoms with E-state index in [0.29, 0.717) is 13.2 Å². The largest absolute Gasteiger partial charge is 0.394 e. The van der Waals surface area contributed by atoms with Crippen molar-refractivity contribution in [1.82, 2.24) is 0 Å². The van der Waals surface area contributed by atoms with Gasteiger partial charge in [-0.25, -0.2) is 0 Å². The van der Waals surface area contributed by atoms with Crippen molar-refractivity contribution in [2.75, 3.05) is 6.61 Å². The SMILES string of the molecule is OC[C@H]1O[C@H](O)[C@H](OCc2ccccc2)[C@H](OCc2ccccc2)[C@@H]1OCc1ccccc1. The monoisotopic (exact) mass is 450 g/mol. The molecule has 0 bridgehead atoms. The highest BCUT2D eigenvalue weighted by atomic mass is 16.7. The van der Waals surface area contributed by atoms with Crippen molar-refractivity contribution < 1.29 is 29.2 Å². The molecule has 0 saturated carbocycles. The maximum atomic E-state index is 10.7. The van der Waals surface area contributed by atoms with Crippen molar-refractivity contribution in [3.63, 3.8) is 0 Å². The predicted molar refractivity (Wildman–Crippen MR) is 123 cm³/mol. The fourth-order valence-corrected chi connectivity index (χ4v) is 3.91. The van der Waals surface area contributed by atoms with Gasteiger partial charge in [-0.3, -0.25) is 0 Å². The molecule has 1 aliphatic heterocycles. The lowest BCUT2D eigenvalue weighted by atomic mass is 9.98. The van der Waals surface area contributed by atoms with Crippen molar-refractivity contribution in [3.05, 3.63) is 108 Å². The van der Waals surface area contributed by atoms with Gasteiger partial charge in [0.05, 0.1) is 26.4 Å². The number of hydrogen-bond donors (Lipinski definition) is 2. The van der Waals surface area contributed by atoms with Crippen LogP contribution in [0, 0.1) is 0 Å². The highest BCUT2D eigenvalue weighted by molar-refractivity contribution is 5.15. The number of ether oxygens (including phenoxy) is 4. The minimum absolute atomic E-state index is 0.284. The van der Waals surface area contributed by atoms with E-state index in [1.807, 2.05) is 91.0 Å². The summed E-state index contributed by atoms with van der Waals surface area (Å²) in [5.41, 5.74) is 2.95. The molecule has 4 rings (SSSR count). The van der Waals surface area contributed by atoms with Crippen LogP contribution in [0.1, 0.15) is 16.7 Å². The minimum atomic E-state index is -1.26. The van der Waals surface area contributed by atoms with Gasteiger partial charge in [-0.1, -0.05) is 91.0 Å². The Labute approximate surface area is 194 Å². The van der Waals surface area contributed by atoms with Crippen molar-refractivity contribution in [2.24, 2.45) is 0 Å². The van der Waals surface area contributed by atoms with E-state index in [1.165, 1.54) is 0 Å². The standard InChI is InChI=1S/C27H30O6/c28-16-23-24(30-17-20-10-4-1-5-11-20)25(31-18-21-12-6-2-7-13-21)26(27(29)33-23)32-19-22-14-8-3-9-15-22/h1-15,23-29H,16-19H2/t23-,24-,25-,26-,27+/m1/s1. The molecule has 174 valence electrons. The second-order valence-corrected chi connectivity index (χ2v) is 8.03. The lowest BCUT2D eigenvalue weighted by Crippen LogP contribution is -2.61. The molecule has 0 amide bonds. The summed E-state index contributed by atoms with van der Waals surface area (Å²) in [6.07, 6.45) is -4.09. The first-order valence-electron chi connectivity index (χ1n) is 11.2. The van der Waals surface area contributed by atoms with Crippen LogP contribution in [-0.2, 0) is 38.8 Å². The number of rotatable bonds is 10. The Morgan fingerprint density at radius 2 is 0.970 bits per heavy atom. The summed E-state index contributed by atoms with van der Waals surface area (Å²) in [7, 11) is 0. The smallest absolute Gasteiger partial charge is 0.184 e. The zero-order valence-corrected chi connectivity index (χ0v) is 18.4. The molecule has 1 fully saturated rings. The first-order valence-corrected chi connectivity index (χ1v) is 11.2. The Kier molecular flexibility index (Phi) is 8.60. The summed E-state index contributed by atoms with van der Waals surface area (Å²) in [4.78, 5) is 0. The number of benzene rings is 3. The average Bonchev–Trinajstić information content (AvgIpc) is 2.87. The molecule has 0 unspecified atom stereocenters. The molecule has 2 N–H and O–H groups in total. The van der Waals surface area contributed by atoms with Crippen LogP contribution in [0.4, 0.5) is 0 Å². The number of aliphatic hydroxyl groups excluding tert-OH is 2. The highest BCUT2D eigenvalue weighted by Crippen LogP contribution is 2.29. The Balaban J connectivity index is 1.53. The topological polar surface area (TPSA) is 77.4 Å². The van der Waals surface area contributed by atoms with Gasteiger partial charge in [0.2, 0.25) is 0 Å². The normalized spacial score (nSPS) is 25.1. The summed E-state index contributed by atoms with van der Waals surface area (Å²) in [6.45, 7) is 0.601. The molecule has 0 aliphatic carbocycles. The molecular formula is C27H30O6. The predicted octanol–water partition coefficient (Wildman–Crippen LogP) is 3.45. The molecule has 6 nitrogen and oxygen atoms in total. The molecule has 1 heterocycles. The Bertz CT molecular complexity index is 937. The van der Waals surface area contributed by atoms with Crippen molar-refractivity contribution in [3.8, 4) is 0 Å². The van der Waals surface area contributed by atoms with Gasteiger partial charge in [-0.15, -0.1) is 0 Å². The van der Waals surface area contributed by atoms with Crippen LogP contribution in [0.15, 0.2) is 91.0 Å². The van der Waals surface area contributed by atoms with E-state index in [1.54, 1.807) is 0 Å². The quantitative estimate of drug-likeness (QED) is 0.493. The molecule has 3 aromatic carbocycles. The molecule has 1 saturated heterocycles. The molecule has 0 radical (unpaired) electrons. The Morgan fingerprint density at radius 3 is 1.39 bits per heavy atom. The molecule has 5 atom stereocenters. The molecule has 6 heteroatoms. The average molecular weight is 451 g/mol. The highest BCUT2D eigenvalue weighted by Gasteiger charge is 2.47. The molecule has 3 aromatic rings. The van der Waals surface area contributed by atoms with Gasteiger partial charge >= 0.3 is 0 Å². The second-order valence-electron chi connectivity index (χ2n) is 8.03. The number of aliphatic hydroxyl groups is 2. The summed E-state index contributed by atoms with van der Waals surface area (Å²) in [5.74, 6) is 0. The van der Waals surface area contributed by atoms with Crippen LogP contribution >= 0.6 is 0 Å². The third kappa shape index (κ3) is 6.48. The van der Waals surface area contributed by atoms with E-state index in [-0.39, 0.29) is 13.2 Å². The van der Waals surface area contributed by atoms with Crippen LogP contribution in [0.2, 0.25) is 0 Å². The Morgan fingerprint density at radius 1 is 0.576 bits per heavy atom. The van der Waals surface area contributed by atoms with E-state index in [2.05, 4.69) is 0 Å². The van der Waals surface area contributed by atoms with Gasteiger partial charge in [-0.05, 0) is 16.7 Å². The summed E-state index contributed by atoms with van der Waals surface area (Å²) in [5, 5.41) is 20.7. The number of hydrogen-bond acceptors (Lipinski definition) is 6. The van der Waals surface area contributed by atoms with Crippen LogP contribution in [0.25, 0.3) is 0 Å². The van der Waals surface area contributed by atoms with Crippen LogP contribution in [0.5, 0.6) is 0 Å². The third-order valence-electron chi connectivity index (χ3n) is 5.65. The molecule has 33 heavy (non-hydrogen) atoms. The fourth-order valence-electron chi connectivity index (χ4n) is 3.91. The first-order chi connectivity index (χ1) is 16.2. The lowest BCUT2D eigenvalue weighted by molar-refractivity contribution is -0.315. The van der Waals surface area contributed by atoms with Gasteiger partial charge in [0.25, 0.3) is 0 Å². The third-order valence-corrected chi connectivity index (χ3v) is 5.65. The van der Waals surface area contributed by atoms with Crippen LogP contribution in [-0.4, -0.2) is 47.5 Å². The van der Waals surface area contributed by atoms with E-state index in [9.17, 15) is 10.2 Å². The van der Waals surface area contributed by atoms with Gasteiger partial charge < -0.3 is 29.2 Å². The van der Waals surface area contributed by atoms with E-state index < -0.39 is 30.7 Å². The molecule has 0 aromatic heterocycles. The molecular weight excluding hydrogens is 420 g/mol. The lowest BCUT2D eigenvalue weighted by Gasteiger charge is -2.44. The van der Waals surface area contributed by atoms with E-state index >= 15 is 0 Å². The summed E-state index contributed by atoms with van der Waals surface area (Å²) in [6, 6.07) is 29.3. The van der Waals surface area contributed by atoms with E-state index in [0.717, 1.165) is 16.7 Å². The Hall–Kier alpha value is -2.58. The molecule has 1 aliphatic rings. The van der Waals surface area contributed by atoms with Gasteiger partial charge in [0.1, 0.15) is 24.4 Å². The van der Waals surface area contributed by atoms with Crippen molar-refractivity contribution in [2.45, 2.75) is 50.5 Å². The first kappa shape index (κ1) is 23.6.